The summed E-state index contributed by atoms with van der Waals surface area (Å²) >= 11 is 0. The average molecular weight is 440 g/mol. The zero-order chi connectivity index (χ0) is 23.2. The van der Waals surface area contributed by atoms with Crippen LogP contribution in [-0.4, -0.2) is 23.1 Å². The number of pyridine rings is 1. The fourth-order valence-electron chi connectivity index (χ4n) is 3.72. The molecule has 1 atom stereocenters. The van der Waals surface area contributed by atoms with E-state index in [1.165, 1.54) is 6.20 Å². The van der Waals surface area contributed by atoms with Crippen LogP contribution in [0.2, 0.25) is 0 Å². The maximum Gasteiger partial charge on any atom is 0.344 e. The Morgan fingerprint density at radius 2 is 1.55 bits per heavy atom. The number of carbonyl (C=O) groups is 2. The number of hydrogen-bond acceptors (Lipinski definition) is 4. The van der Waals surface area contributed by atoms with Gasteiger partial charge in [0.05, 0.1) is 11.6 Å². The molecule has 3 aromatic carbocycles. The normalized spacial score (nSPS) is 11.7. The number of hydrogen-bond donors (Lipinski definition) is 1. The fourth-order valence-corrected chi connectivity index (χ4v) is 3.72. The van der Waals surface area contributed by atoms with Gasteiger partial charge >= 0.3 is 5.97 Å². The molecule has 0 aliphatic rings. The molecule has 0 fully saturated rings. The van der Waals surface area contributed by atoms with Gasteiger partial charge in [-0.25, -0.2) is 4.79 Å². The summed E-state index contributed by atoms with van der Waals surface area (Å²) in [5.41, 5.74) is 2.17. The third-order valence-electron chi connectivity index (χ3n) is 5.41. The van der Waals surface area contributed by atoms with Gasteiger partial charge in [0.25, 0.3) is 5.91 Å². The smallest absolute Gasteiger partial charge is 0.344 e. The number of para-hydroxylation sites is 1. The van der Waals surface area contributed by atoms with Gasteiger partial charge in [0, 0.05) is 18.1 Å². The molecule has 0 spiro atoms. The van der Waals surface area contributed by atoms with Crippen molar-refractivity contribution < 1.29 is 14.3 Å². The number of rotatable bonds is 7. The summed E-state index contributed by atoms with van der Waals surface area (Å²) in [7, 11) is 0. The van der Waals surface area contributed by atoms with Gasteiger partial charge in [-0.05, 0) is 30.2 Å². The summed E-state index contributed by atoms with van der Waals surface area (Å²) in [6.45, 7) is 1.86. The number of aromatic nitrogens is 1. The summed E-state index contributed by atoms with van der Waals surface area (Å²) in [6, 6.07) is 26.1. The molecule has 166 valence electrons. The maximum absolute atomic E-state index is 13.0. The number of nitrogens with one attached hydrogen (secondary N) is 1. The molecule has 1 heterocycles. The summed E-state index contributed by atoms with van der Waals surface area (Å²) in [4.78, 5) is 38.0. The van der Waals surface area contributed by atoms with Crippen LogP contribution in [0.25, 0.3) is 10.9 Å². The third-order valence-corrected chi connectivity index (χ3v) is 5.41. The van der Waals surface area contributed by atoms with Gasteiger partial charge in [0.2, 0.25) is 5.43 Å². The Kier molecular flexibility index (Phi) is 6.64. The van der Waals surface area contributed by atoms with Crippen molar-refractivity contribution in [3.63, 3.8) is 0 Å². The lowest BCUT2D eigenvalue weighted by molar-refractivity contribution is -0.124. The first-order valence-corrected chi connectivity index (χ1v) is 10.7. The minimum absolute atomic E-state index is 0.103. The molecule has 6 nitrogen and oxygen atoms in total. The number of fused-ring (bicyclic) bond motifs is 1. The van der Waals surface area contributed by atoms with Crippen LogP contribution < -0.4 is 10.7 Å². The van der Waals surface area contributed by atoms with E-state index in [1.54, 1.807) is 12.1 Å². The lowest BCUT2D eigenvalue weighted by Crippen LogP contribution is -2.32. The molecule has 4 aromatic rings. The molecule has 0 bridgehead atoms. The molecule has 6 heteroatoms. The lowest BCUT2D eigenvalue weighted by atomic mass is 10.1. The van der Waals surface area contributed by atoms with Crippen LogP contribution >= 0.6 is 0 Å². The van der Waals surface area contributed by atoms with E-state index in [2.05, 4.69) is 5.32 Å². The largest absolute Gasteiger partial charge is 0.452 e. The molecule has 0 aliphatic carbocycles. The molecule has 0 saturated heterocycles. The monoisotopic (exact) mass is 440 g/mol. The number of carbonyl (C=O) groups excluding carboxylic acids is 2. The van der Waals surface area contributed by atoms with Gasteiger partial charge < -0.3 is 14.6 Å². The predicted molar refractivity (Wildman–Crippen MR) is 127 cm³/mol. The van der Waals surface area contributed by atoms with Crippen molar-refractivity contribution in [1.29, 1.82) is 0 Å². The van der Waals surface area contributed by atoms with E-state index in [-0.39, 0.29) is 11.6 Å². The first-order chi connectivity index (χ1) is 16.0. The van der Waals surface area contributed by atoms with Crippen LogP contribution in [-0.2, 0) is 16.1 Å². The summed E-state index contributed by atoms with van der Waals surface area (Å²) in [5, 5.41) is 3.21. The molecular weight excluding hydrogens is 416 g/mol. The molecule has 1 N–H and O–H groups in total. The quantitative estimate of drug-likeness (QED) is 0.439. The zero-order valence-electron chi connectivity index (χ0n) is 18.2. The van der Waals surface area contributed by atoms with Crippen molar-refractivity contribution in [2.24, 2.45) is 0 Å². The van der Waals surface area contributed by atoms with Crippen molar-refractivity contribution in [2.75, 3.05) is 6.61 Å². The SMILES string of the molecule is C[C@@H](NC(=O)COC(=O)c1cn(Cc2ccccc2)c2ccccc2c1=O)c1ccccc1. The minimum Gasteiger partial charge on any atom is -0.452 e. The van der Waals surface area contributed by atoms with E-state index in [0.717, 1.165) is 16.6 Å². The molecule has 33 heavy (non-hydrogen) atoms. The van der Waals surface area contributed by atoms with Gasteiger partial charge in [-0.15, -0.1) is 0 Å². The number of benzene rings is 3. The number of amides is 1. The second kappa shape index (κ2) is 9.96. The van der Waals surface area contributed by atoms with Crippen LogP contribution in [0.1, 0.15) is 34.5 Å². The molecular formula is C27H24N2O4. The Balaban J connectivity index is 1.52. The molecule has 1 aromatic heterocycles. The average Bonchev–Trinajstić information content (AvgIpc) is 2.85. The molecule has 4 rings (SSSR count). The molecule has 0 unspecified atom stereocenters. The van der Waals surface area contributed by atoms with E-state index in [1.807, 2.05) is 84.3 Å². The van der Waals surface area contributed by atoms with Gasteiger partial charge in [0.15, 0.2) is 6.61 Å². The highest BCUT2D eigenvalue weighted by atomic mass is 16.5. The van der Waals surface area contributed by atoms with Crippen LogP contribution in [0.5, 0.6) is 0 Å². The number of esters is 1. The highest BCUT2D eigenvalue weighted by Crippen LogP contribution is 2.15. The maximum atomic E-state index is 13.0. The molecule has 1 amide bonds. The van der Waals surface area contributed by atoms with Crippen molar-refractivity contribution in [3.05, 3.63) is 118 Å². The van der Waals surface area contributed by atoms with E-state index < -0.39 is 23.9 Å². The van der Waals surface area contributed by atoms with Crippen LogP contribution in [0, 0.1) is 0 Å². The van der Waals surface area contributed by atoms with Crippen molar-refractivity contribution >= 4 is 22.8 Å². The van der Waals surface area contributed by atoms with E-state index in [0.29, 0.717) is 11.9 Å². The minimum atomic E-state index is -0.824. The first kappa shape index (κ1) is 22.0. The van der Waals surface area contributed by atoms with E-state index >= 15 is 0 Å². The Bertz CT molecular complexity index is 1330. The Hall–Kier alpha value is -4.19. The standard InChI is InChI=1S/C27H24N2O4/c1-19(21-12-6-3-7-13-21)28-25(30)18-33-27(32)23-17-29(16-20-10-4-2-5-11-20)24-15-9-8-14-22(24)26(23)31/h2-15,17,19H,16,18H2,1H3,(H,28,30)/t19-/m1/s1. The number of ether oxygens (including phenoxy) is 1. The zero-order valence-corrected chi connectivity index (χ0v) is 18.2. The van der Waals surface area contributed by atoms with Crippen LogP contribution in [0.3, 0.4) is 0 Å². The van der Waals surface area contributed by atoms with Gasteiger partial charge in [-0.2, -0.15) is 0 Å². The summed E-state index contributed by atoms with van der Waals surface area (Å²) in [5.74, 6) is -1.26. The summed E-state index contributed by atoms with van der Waals surface area (Å²) in [6.07, 6.45) is 1.50. The molecule has 0 saturated carbocycles. The molecule has 0 radical (unpaired) electrons. The van der Waals surface area contributed by atoms with Crippen LogP contribution in [0.15, 0.2) is 95.9 Å². The van der Waals surface area contributed by atoms with Crippen molar-refractivity contribution in [1.82, 2.24) is 9.88 Å². The van der Waals surface area contributed by atoms with Gasteiger partial charge in [0.1, 0.15) is 5.56 Å². The first-order valence-electron chi connectivity index (χ1n) is 10.7. The Morgan fingerprint density at radius 3 is 2.27 bits per heavy atom. The fraction of sp³-hybridized carbons (Fsp3) is 0.148. The second-order valence-corrected chi connectivity index (χ2v) is 7.78. The topological polar surface area (TPSA) is 77.4 Å². The molecule has 0 aliphatic heterocycles. The lowest BCUT2D eigenvalue weighted by Gasteiger charge is -2.15. The Morgan fingerprint density at radius 1 is 0.909 bits per heavy atom. The van der Waals surface area contributed by atoms with E-state index in [4.69, 9.17) is 4.74 Å². The Labute approximate surface area is 191 Å². The highest BCUT2D eigenvalue weighted by molar-refractivity contribution is 5.95. The van der Waals surface area contributed by atoms with Crippen molar-refractivity contribution in [3.8, 4) is 0 Å². The van der Waals surface area contributed by atoms with Gasteiger partial charge in [-0.1, -0.05) is 72.8 Å². The predicted octanol–water partition coefficient (Wildman–Crippen LogP) is 4.08. The van der Waals surface area contributed by atoms with Crippen molar-refractivity contribution in [2.45, 2.75) is 19.5 Å². The van der Waals surface area contributed by atoms with Crippen LogP contribution in [0.4, 0.5) is 0 Å². The van der Waals surface area contributed by atoms with Gasteiger partial charge in [-0.3, -0.25) is 9.59 Å². The number of nitrogens with zero attached hydrogens (tertiary/aromatic N) is 1. The third kappa shape index (κ3) is 5.18. The highest BCUT2D eigenvalue weighted by Gasteiger charge is 2.19. The summed E-state index contributed by atoms with van der Waals surface area (Å²) < 4.78 is 7.04. The van der Waals surface area contributed by atoms with E-state index in [9.17, 15) is 14.4 Å². The second-order valence-electron chi connectivity index (χ2n) is 7.78.